The summed E-state index contributed by atoms with van der Waals surface area (Å²) in [6.07, 6.45) is 0. The van der Waals surface area contributed by atoms with Crippen LogP contribution >= 0.6 is 22.9 Å². The first-order chi connectivity index (χ1) is 9.42. The van der Waals surface area contributed by atoms with E-state index in [1.807, 2.05) is 18.2 Å². The van der Waals surface area contributed by atoms with Crippen LogP contribution < -0.4 is 10.0 Å². The Morgan fingerprint density at radius 1 is 1.25 bits per heavy atom. The molecule has 0 amide bonds. The minimum atomic E-state index is -3.44. The van der Waals surface area contributed by atoms with Crippen LogP contribution in [-0.4, -0.2) is 15.5 Å². The lowest BCUT2D eigenvalue weighted by atomic mass is 10.2. The molecule has 2 N–H and O–H groups in total. The molecular formula is C13H15ClN2O2S2. The van der Waals surface area contributed by atoms with Crippen LogP contribution in [0.2, 0.25) is 4.34 Å². The van der Waals surface area contributed by atoms with Gasteiger partial charge in [-0.2, -0.15) is 0 Å². The Morgan fingerprint density at radius 3 is 2.60 bits per heavy atom. The maximum Gasteiger partial charge on any atom is 0.240 e. The number of sulfonamides is 1. The zero-order chi connectivity index (χ0) is 14.8. The lowest BCUT2D eigenvalue weighted by Gasteiger charge is -2.10. The summed E-state index contributed by atoms with van der Waals surface area (Å²) in [5, 5.41) is 3.20. The Balaban J connectivity index is 2.19. The molecule has 108 valence electrons. The average molecular weight is 331 g/mol. The standard InChI is InChI=1S/C13H15ClN2O2S2/c1-9-3-4-10(7-12(9)20(17,18)15-2)16-8-11-5-6-13(14)19-11/h3-7,15-16H,8H2,1-2H3. The molecule has 0 saturated carbocycles. The molecule has 0 fully saturated rings. The number of halogens is 1. The van der Waals surface area contributed by atoms with Crippen molar-refractivity contribution in [1.29, 1.82) is 0 Å². The van der Waals surface area contributed by atoms with E-state index in [0.29, 0.717) is 12.1 Å². The topological polar surface area (TPSA) is 58.2 Å². The first-order valence-corrected chi connectivity index (χ1v) is 8.62. The molecule has 0 radical (unpaired) electrons. The van der Waals surface area contributed by atoms with Crippen molar-refractivity contribution in [2.75, 3.05) is 12.4 Å². The Kier molecular flexibility index (Phi) is 4.70. The van der Waals surface area contributed by atoms with Gasteiger partial charge in [-0.05, 0) is 43.8 Å². The maximum absolute atomic E-state index is 11.9. The fourth-order valence-corrected chi connectivity index (χ4v) is 3.77. The van der Waals surface area contributed by atoms with Crippen molar-refractivity contribution in [1.82, 2.24) is 4.72 Å². The number of rotatable bonds is 5. The van der Waals surface area contributed by atoms with Crippen molar-refractivity contribution in [2.45, 2.75) is 18.4 Å². The molecule has 0 spiro atoms. The monoisotopic (exact) mass is 330 g/mol. The molecular weight excluding hydrogens is 316 g/mol. The van der Waals surface area contributed by atoms with Crippen molar-refractivity contribution in [3.63, 3.8) is 0 Å². The summed E-state index contributed by atoms with van der Waals surface area (Å²) >= 11 is 7.37. The zero-order valence-electron chi connectivity index (χ0n) is 11.1. The lowest BCUT2D eigenvalue weighted by Crippen LogP contribution is -2.19. The number of hydrogen-bond donors (Lipinski definition) is 2. The predicted molar refractivity (Wildman–Crippen MR) is 84.1 cm³/mol. The summed E-state index contributed by atoms with van der Waals surface area (Å²) in [6.45, 7) is 2.38. The molecule has 0 bridgehead atoms. The predicted octanol–water partition coefficient (Wildman–Crippen LogP) is 3.23. The largest absolute Gasteiger partial charge is 0.380 e. The van der Waals surface area contributed by atoms with Crippen LogP contribution in [0.4, 0.5) is 5.69 Å². The van der Waals surface area contributed by atoms with Crippen LogP contribution in [-0.2, 0) is 16.6 Å². The summed E-state index contributed by atoms with van der Waals surface area (Å²) in [6, 6.07) is 9.07. The van der Waals surface area contributed by atoms with Gasteiger partial charge in [0.2, 0.25) is 10.0 Å². The van der Waals surface area contributed by atoms with Gasteiger partial charge < -0.3 is 5.32 Å². The van der Waals surface area contributed by atoms with Gasteiger partial charge in [0.15, 0.2) is 0 Å². The first kappa shape index (κ1) is 15.3. The highest BCUT2D eigenvalue weighted by Crippen LogP contribution is 2.24. The molecule has 0 saturated heterocycles. The van der Waals surface area contributed by atoms with Crippen molar-refractivity contribution < 1.29 is 8.42 Å². The molecule has 1 heterocycles. The third kappa shape index (κ3) is 3.52. The number of anilines is 1. The highest BCUT2D eigenvalue weighted by Gasteiger charge is 2.14. The molecule has 20 heavy (non-hydrogen) atoms. The molecule has 1 aromatic heterocycles. The van der Waals surface area contributed by atoms with E-state index in [1.54, 1.807) is 19.1 Å². The van der Waals surface area contributed by atoms with E-state index < -0.39 is 10.0 Å². The van der Waals surface area contributed by atoms with Crippen molar-refractivity contribution in [2.24, 2.45) is 0 Å². The van der Waals surface area contributed by atoms with E-state index in [-0.39, 0.29) is 4.90 Å². The second-order valence-electron chi connectivity index (χ2n) is 4.25. The first-order valence-electron chi connectivity index (χ1n) is 5.94. The normalized spacial score (nSPS) is 11.6. The molecule has 0 aliphatic heterocycles. The zero-order valence-corrected chi connectivity index (χ0v) is 13.5. The van der Waals surface area contributed by atoms with Gasteiger partial charge in [0.1, 0.15) is 0 Å². The van der Waals surface area contributed by atoms with Crippen LogP contribution in [0, 0.1) is 6.92 Å². The SMILES string of the molecule is CNS(=O)(=O)c1cc(NCc2ccc(Cl)s2)ccc1C. The summed E-state index contributed by atoms with van der Waals surface area (Å²) in [5.74, 6) is 0. The van der Waals surface area contributed by atoms with Gasteiger partial charge in [-0.1, -0.05) is 17.7 Å². The highest BCUT2D eigenvalue weighted by atomic mass is 35.5. The van der Waals surface area contributed by atoms with Gasteiger partial charge >= 0.3 is 0 Å². The van der Waals surface area contributed by atoms with Crippen LogP contribution in [0.5, 0.6) is 0 Å². The summed E-state index contributed by atoms with van der Waals surface area (Å²) < 4.78 is 26.9. The Labute approximate surface area is 127 Å². The summed E-state index contributed by atoms with van der Waals surface area (Å²) in [5.41, 5.74) is 1.47. The smallest absolute Gasteiger partial charge is 0.240 e. The molecule has 0 aliphatic rings. The third-order valence-corrected chi connectivity index (χ3v) is 5.63. The van der Waals surface area contributed by atoms with Gasteiger partial charge in [0.25, 0.3) is 0 Å². The van der Waals surface area contributed by atoms with Crippen molar-refractivity contribution in [3.05, 3.63) is 45.1 Å². The molecule has 2 rings (SSSR count). The van der Waals surface area contributed by atoms with Crippen LogP contribution in [0.25, 0.3) is 0 Å². The van der Waals surface area contributed by atoms with E-state index in [0.717, 1.165) is 14.9 Å². The number of thiophene rings is 1. The number of benzene rings is 1. The van der Waals surface area contributed by atoms with E-state index in [1.165, 1.54) is 18.4 Å². The van der Waals surface area contributed by atoms with Crippen molar-refractivity contribution >= 4 is 38.6 Å². The molecule has 0 atom stereocenters. The Hall–Kier alpha value is -1.08. The molecule has 0 unspecified atom stereocenters. The minimum absolute atomic E-state index is 0.286. The van der Waals surface area contributed by atoms with E-state index in [2.05, 4.69) is 10.0 Å². The van der Waals surface area contributed by atoms with Crippen LogP contribution in [0.3, 0.4) is 0 Å². The van der Waals surface area contributed by atoms with Crippen LogP contribution in [0.15, 0.2) is 35.2 Å². The molecule has 7 heteroatoms. The van der Waals surface area contributed by atoms with E-state index >= 15 is 0 Å². The summed E-state index contributed by atoms with van der Waals surface area (Å²) in [4.78, 5) is 1.38. The van der Waals surface area contributed by atoms with Crippen molar-refractivity contribution in [3.8, 4) is 0 Å². The van der Waals surface area contributed by atoms with Gasteiger partial charge in [-0.25, -0.2) is 13.1 Å². The lowest BCUT2D eigenvalue weighted by molar-refractivity contribution is 0.587. The number of hydrogen-bond acceptors (Lipinski definition) is 4. The molecule has 1 aromatic carbocycles. The van der Waals surface area contributed by atoms with Gasteiger partial charge in [-0.15, -0.1) is 11.3 Å². The third-order valence-electron chi connectivity index (χ3n) is 2.84. The number of aryl methyl sites for hydroxylation is 1. The van der Waals surface area contributed by atoms with Gasteiger partial charge in [-0.3, -0.25) is 0 Å². The van der Waals surface area contributed by atoms with E-state index in [9.17, 15) is 8.42 Å². The maximum atomic E-state index is 11.9. The Morgan fingerprint density at radius 2 is 2.00 bits per heavy atom. The average Bonchev–Trinajstić information content (AvgIpc) is 2.83. The Bertz CT molecular complexity index is 711. The summed E-state index contributed by atoms with van der Waals surface area (Å²) in [7, 11) is -2.03. The highest BCUT2D eigenvalue weighted by molar-refractivity contribution is 7.89. The number of nitrogens with one attached hydrogen (secondary N) is 2. The molecule has 4 nitrogen and oxygen atoms in total. The second kappa shape index (κ2) is 6.13. The minimum Gasteiger partial charge on any atom is -0.380 e. The van der Waals surface area contributed by atoms with Gasteiger partial charge in [0.05, 0.1) is 9.23 Å². The fourth-order valence-electron chi connectivity index (χ4n) is 1.75. The molecule has 2 aromatic rings. The second-order valence-corrected chi connectivity index (χ2v) is 7.90. The fraction of sp³-hybridized carbons (Fsp3) is 0.231. The quantitative estimate of drug-likeness (QED) is 0.885. The van der Waals surface area contributed by atoms with E-state index in [4.69, 9.17) is 11.6 Å². The molecule has 0 aliphatic carbocycles. The van der Waals surface area contributed by atoms with Crippen LogP contribution in [0.1, 0.15) is 10.4 Å². The van der Waals surface area contributed by atoms with Gasteiger partial charge in [0, 0.05) is 17.1 Å².